The van der Waals surface area contributed by atoms with Crippen molar-refractivity contribution in [1.82, 2.24) is 4.98 Å². The van der Waals surface area contributed by atoms with E-state index in [1.54, 1.807) is 0 Å². The molecular weight excluding hydrogens is 283 g/mol. The number of hydrogen-bond acceptors (Lipinski definition) is 4. The molecule has 1 unspecified atom stereocenters. The summed E-state index contributed by atoms with van der Waals surface area (Å²) in [5.74, 6) is 0.560. The molecule has 0 aromatic carbocycles. The molecule has 0 amide bonds. The van der Waals surface area contributed by atoms with E-state index in [1.807, 2.05) is 20.8 Å². The van der Waals surface area contributed by atoms with Gasteiger partial charge in [0.1, 0.15) is 11.6 Å². The molecule has 0 aliphatic carbocycles. The number of nitrogens with zero attached hydrogens (tertiary/aromatic N) is 1. The molecule has 1 aromatic heterocycles. The Labute approximate surface area is 123 Å². The minimum Gasteiger partial charge on any atom is -0.380 e. The number of nitrogens with one attached hydrogen (secondary N) is 2. The van der Waals surface area contributed by atoms with Gasteiger partial charge in [0.05, 0.1) is 18.2 Å². The van der Waals surface area contributed by atoms with Crippen LogP contribution in [0.4, 0.5) is 24.8 Å². The van der Waals surface area contributed by atoms with E-state index >= 15 is 0 Å². The fraction of sp³-hybridized carbons (Fsp3) is 0.643. The first-order valence-corrected chi connectivity index (χ1v) is 6.89. The highest BCUT2D eigenvalue weighted by molar-refractivity contribution is 5.50. The van der Waals surface area contributed by atoms with E-state index in [9.17, 15) is 13.2 Å². The van der Waals surface area contributed by atoms with Gasteiger partial charge in [-0.1, -0.05) is 13.8 Å². The van der Waals surface area contributed by atoms with E-state index < -0.39 is 11.7 Å². The maximum Gasteiger partial charge on any atom is 0.416 e. The molecule has 0 radical (unpaired) electrons. The molecule has 0 fully saturated rings. The first-order chi connectivity index (χ1) is 9.77. The number of alkyl halides is 3. The van der Waals surface area contributed by atoms with Gasteiger partial charge in [0, 0.05) is 13.7 Å². The van der Waals surface area contributed by atoms with Gasteiger partial charge in [0.25, 0.3) is 0 Å². The van der Waals surface area contributed by atoms with Crippen LogP contribution in [0.25, 0.3) is 0 Å². The molecule has 1 atom stereocenters. The van der Waals surface area contributed by atoms with E-state index in [4.69, 9.17) is 4.74 Å². The Kier molecular flexibility index (Phi) is 6.26. The van der Waals surface area contributed by atoms with Crippen molar-refractivity contribution in [2.45, 2.75) is 33.0 Å². The fourth-order valence-corrected chi connectivity index (χ4v) is 1.73. The molecule has 0 aliphatic heterocycles. The molecule has 1 rings (SSSR count). The summed E-state index contributed by atoms with van der Waals surface area (Å²) >= 11 is 0. The molecule has 0 saturated heterocycles. The molecule has 0 aliphatic rings. The lowest BCUT2D eigenvalue weighted by Crippen LogP contribution is -2.31. The summed E-state index contributed by atoms with van der Waals surface area (Å²) in [5.41, 5.74) is -0.733. The van der Waals surface area contributed by atoms with Crippen LogP contribution in [0.1, 0.15) is 26.3 Å². The molecule has 7 heteroatoms. The Balaban J connectivity index is 2.99. The third kappa shape index (κ3) is 5.41. The number of aromatic nitrogens is 1. The Hall–Kier alpha value is -1.50. The normalized spacial score (nSPS) is 13.3. The highest BCUT2D eigenvalue weighted by Gasteiger charge is 2.32. The Bertz CT molecular complexity index is 450. The van der Waals surface area contributed by atoms with E-state index in [2.05, 4.69) is 15.6 Å². The number of anilines is 2. The van der Waals surface area contributed by atoms with Gasteiger partial charge in [-0.2, -0.15) is 13.2 Å². The second kappa shape index (κ2) is 7.49. The minimum atomic E-state index is -4.40. The van der Waals surface area contributed by atoms with Crippen molar-refractivity contribution >= 4 is 11.6 Å². The van der Waals surface area contributed by atoms with Crippen LogP contribution in [-0.4, -0.2) is 31.3 Å². The van der Waals surface area contributed by atoms with E-state index in [-0.39, 0.29) is 23.6 Å². The topological polar surface area (TPSA) is 46.2 Å². The number of halogens is 3. The van der Waals surface area contributed by atoms with Crippen molar-refractivity contribution < 1.29 is 17.9 Å². The first kappa shape index (κ1) is 17.6. The number of rotatable bonds is 7. The predicted molar refractivity (Wildman–Crippen MR) is 77.5 cm³/mol. The lowest BCUT2D eigenvalue weighted by atomic mass is 10.1. The monoisotopic (exact) mass is 305 g/mol. The molecule has 0 saturated carbocycles. The van der Waals surface area contributed by atoms with E-state index in [0.717, 1.165) is 12.1 Å². The Morgan fingerprint density at radius 1 is 1.24 bits per heavy atom. The molecular formula is C14H22F3N3O. The fourth-order valence-electron chi connectivity index (χ4n) is 1.73. The predicted octanol–water partition coefficient (Wildman–Crippen LogP) is 3.62. The van der Waals surface area contributed by atoms with Crippen LogP contribution in [0.3, 0.4) is 0 Å². The van der Waals surface area contributed by atoms with Crippen molar-refractivity contribution in [1.29, 1.82) is 0 Å². The van der Waals surface area contributed by atoms with Gasteiger partial charge >= 0.3 is 6.18 Å². The average molecular weight is 305 g/mol. The second-order valence-corrected chi connectivity index (χ2v) is 5.03. The van der Waals surface area contributed by atoms with E-state index in [0.29, 0.717) is 13.2 Å². The maximum atomic E-state index is 12.9. The quantitative estimate of drug-likeness (QED) is 0.808. The van der Waals surface area contributed by atoms with Crippen molar-refractivity contribution in [2.75, 3.05) is 30.9 Å². The summed E-state index contributed by atoms with van der Waals surface area (Å²) in [4.78, 5) is 4.12. The Morgan fingerprint density at radius 3 is 2.33 bits per heavy atom. The highest BCUT2D eigenvalue weighted by Crippen LogP contribution is 2.32. The van der Waals surface area contributed by atoms with Crippen LogP contribution >= 0.6 is 0 Å². The summed E-state index contributed by atoms with van der Waals surface area (Å²) in [7, 11) is 1.53. The second-order valence-electron chi connectivity index (χ2n) is 5.03. The number of ether oxygens (including phenoxy) is 1. The molecule has 1 heterocycles. The zero-order valence-electron chi connectivity index (χ0n) is 12.7. The lowest BCUT2D eigenvalue weighted by molar-refractivity contribution is -0.137. The molecule has 0 bridgehead atoms. The standard InChI is InChI=1S/C14H22F3N3O/c1-5-21-8-11(9(2)3)19-13-7-10(14(15,16)17)6-12(18-4)20-13/h6-7,9,11H,5,8H2,1-4H3,(H2,18,19,20). The summed E-state index contributed by atoms with van der Waals surface area (Å²) in [5, 5.41) is 5.67. The van der Waals surface area contributed by atoms with Gasteiger partial charge in [-0.3, -0.25) is 0 Å². The highest BCUT2D eigenvalue weighted by atomic mass is 19.4. The number of pyridine rings is 1. The molecule has 120 valence electrons. The van der Waals surface area contributed by atoms with Gasteiger partial charge in [-0.05, 0) is 25.0 Å². The van der Waals surface area contributed by atoms with Gasteiger partial charge in [0.15, 0.2) is 0 Å². The third-order valence-corrected chi connectivity index (χ3v) is 3.05. The van der Waals surface area contributed by atoms with Crippen LogP contribution in [0.5, 0.6) is 0 Å². The maximum absolute atomic E-state index is 12.9. The number of hydrogen-bond donors (Lipinski definition) is 2. The van der Waals surface area contributed by atoms with Crippen molar-refractivity contribution in [3.8, 4) is 0 Å². The van der Waals surface area contributed by atoms with Crippen LogP contribution in [0, 0.1) is 5.92 Å². The summed E-state index contributed by atoms with van der Waals surface area (Å²) < 4.78 is 44.0. The first-order valence-electron chi connectivity index (χ1n) is 6.89. The van der Waals surface area contributed by atoms with Crippen LogP contribution in [0.15, 0.2) is 12.1 Å². The molecule has 1 aromatic rings. The largest absolute Gasteiger partial charge is 0.416 e. The molecule has 4 nitrogen and oxygen atoms in total. The van der Waals surface area contributed by atoms with Crippen molar-refractivity contribution in [2.24, 2.45) is 5.92 Å². The average Bonchev–Trinajstić information content (AvgIpc) is 2.41. The van der Waals surface area contributed by atoms with Gasteiger partial charge in [-0.15, -0.1) is 0 Å². The minimum absolute atomic E-state index is 0.106. The SMILES string of the molecule is CCOCC(Nc1cc(C(F)(F)F)cc(NC)n1)C(C)C. The van der Waals surface area contributed by atoms with E-state index in [1.165, 1.54) is 7.05 Å². The van der Waals surface area contributed by atoms with Crippen molar-refractivity contribution in [3.63, 3.8) is 0 Å². The molecule has 2 N–H and O–H groups in total. The van der Waals surface area contributed by atoms with Crippen molar-refractivity contribution in [3.05, 3.63) is 17.7 Å². The van der Waals surface area contributed by atoms with Gasteiger partial charge < -0.3 is 15.4 Å². The summed E-state index contributed by atoms with van der Waals surface area (Å²) in [6, 6.07) is 1.89. The summed E-state index contributed by atoms with van der Waals surface area (Å²) in [6.45, 7) is 6.80. The van der Waals surface area contributed by atoms with Crippen LogP contribution < -0.4 is 10.6 Å². The molecule has 0 spiro atoms. The Morgan fingerprint density at radius 2 is 1.86 bits per heavy atom. The van der Waals surface area contributed by atoms with Gasteiger partial charge in [-0.25, -0.2) is 4.98 Å². The molecule has 21 heavy (non-hydrogen) atoms. The lowest BCUT2D eigenvalue weighted by Gasteiger charge is -2.23. The van der Waals surface area contributed by atoms with Crippen LogP contribution in [-0.2, 0) is 10.9 Å². The zero-order chi connectivity index (χ0) is 16.0. The smallest absolute Gasteiger partial charge is 0.380 e. The summed E-state index contributed by atoms with van der Waals surface area (Å²) in [6.07, 6.45) is -4.40. The van der Waals surface area contributed by atoms with Crippen LogP contribution in [0.2, 0.25) is 0 Å². The van der Waals surface area contributed by atoms with Gasteiger partial charge in [0.2, 0.25) is 0 Å². The zero-order valence-corrected chi connectivity index (χ0v) is 12.7. The third-order valence-electron chi connectivity index (χ3n) is 3.05.